The minimum atomic E-state index is -0.463. The summed E-state index contributed by atoms with van der Waals surface area (Å²) >= 11 is 6.51. The number of anilines is 3. The second-order valence-electron chi connectivity index (χ2n) is 9.35. The third-order valence-electron chi connectivity index (χ3n) is 6.72. The number of halogens is 1. The van der Waals surface area contributed by atoms with Crippen LogP contribution in [0.15, 0.2) is 24.4 Å². The van der Waals surface area contributed by atoms with Gasteiger partial charge in [0.2, 0.25) is 11.8 Å². The van der Waals surface area contributed by atoms with E-state index < -0.39 is 4.92 Å². The van der Waals surface area contributed by atoms with Crippen LogP contribution in [0.2, 0.25) is 5.02 Å². The number of nitro groups is 1. The first kappa shape index (κ1) is 24.4. The molecule has 2 heterocycles. The van der Waals surface area contributed by atoms with Crippen LogP contribution in [0.4, 0.5) is 23.1 Å². The number of rotatable bonds is 9. The van der Waals surface area contributed by atoms with Gasteiger partial charge in [-0.1, -0.05) is 23.7 Å². The molecule has 0 unspecified atom stereocenters. The zero-order chi connectivity index (χ0) is 24.2. The van der Waals surface area contributed by atoms with E-state index in [2.05, 4.69) is 25.5 Å². The Labute approximate surface area is 204 Å². The number of hydrogen-bond donors (Lipinski definition) is 3. The summed E-state index contributed by atoms with van der Waals surface area (Å²) in [6.45, 7) is 2.58. The number of likely N-dealkylation sites (tertiary alicyclic amines) is 1. The summed E-state index contributed by atoms with van der Waals surface area (Å²) in [6, 6.07) is 6.34. The standard InChI is InChI=1S/C23H32ClN7O3/c1-29(2)19-5-3-4-16(21(19)24)11-26-23-27-12-20(31(33)34)22(28-23)25-10-15-6-8-17(9-7-15)30-13-18(32)14-30/h3-5,12,15,17-18,32H,6-11,13-14H2,1-2H3,(H2,25,26,27,28)/t15-,17-. The second kappa shape index (κ2) is 10.7. The van der Waals surface area contributed by atoms with Gasteiger partial charge in [0.1, 0.15) is 6.20 Å². The van der Waals surface area contributed by atoms with Gasteiger partial charge in [-0.05, 0) is 43.2 Å². The van der Waals surface area contributed by atoms with Crippen molar-refractivity contribution in [3.63, 3.8) is 0 Å². The van der Waals surface area contributed by atoms with Gasteiger partial charge in [0.25, 0.3) is 0 Å². The number of aliphatic hydroxyl groups is 1. The van der Waals surface area contributed by atoms with E-state index in [-0.39, 0.29) is 17.6 Å². The molecule has 1 aliphatic heterocycles. The Bertz CT molecular complexity index is 1010. The predicted molar refractivity (Wildman–Crippen MR) is 134 cm³/mol. The summed E-state index contributed by atoms with van der Waals surface area (Å²) in [7, 11) is 3.86. The second-order valence-corrected chi connectivity index (χ2v) is 9.72. The SMILES string of the molecule is CN(C)c1cccc(CNc2ncc([N+](=O)[O-])c(NC[C@H]3CC[C@H](N4CC(O)C4)CC3)n2)c1Cl. The molecule has 1 aliphatic carbocycles. The maximum absolute atomic E-state index is 11.5. The summed E-state index contributed by atoms with van der Waals surface area (Å²) in [4.78, 5) is 23.9. The van der Waals surface area contributed by atoms with Gasteiger partial charge >= 0.3 is 5.69 Å². The summed E-state index contributed by atoms with van der Waals surface area (Å²) < 4.78 is 0. The fourth-order valence-corrected chi connectivity index (χ4v) is 5.05. The molecule has 1 saturated carbocycles. The minimum Gasteiger partial charge on any atom is -0.390 e. The van der Waals surface area contributed by atoms with Crippen molar-refractivity contribution in [3.8, 4) is 0 Å². The summed E-state index contributed by atoms with van der Waals surface area (Å²) in [5, 5.41) is 28.0. The van der Waals surface area contributed by atoms with Gasteiger partial charge < -0.3 is 20.6 Å². The average Bonchev–Trinajstić information content (AvgIpc) is 2.80. The highest BCUT2D eigenvalue weighted by Gasteiger charge is 2.33. The molecule has 0 atom stereocenters. The number of nitrogens with one attached hydrogen (secondary N) is 2. The minimum absolute atomic E-state index is 0.138. The molecule has 34 heavy (non-hydrogen) atoms. The highest BCUT2D eigenvalue weighted by Crippen LogP contribution is 2.32. The van der Waals surface area contributed by atoms with Gasteiger partial charge in [-0.2, -0.15) is 4.98 Å². The van der Waals surface area contributed by atoms with Crippen molar-refractivity contribution in [1.82, 2.24) is 14.9 Å². The quantitative estimate of drug-likeness (QED) is 0.359. The Kier molecular flexibility index (Phi) is 7.70. The van der Waals surface area contributed by atoms with E-state index in [4.69, 9.17) is 11.6 Å². The zero-order valence-corrected chi connectivity index (χ0v) is 20.3. The van der Waals surface area contributed by atoms with Crippen molar-refractivity contribution in [2.45, 2.75) is 44.4 Å². The fraction of sp³-hybridized carbons (Fsp3) is 0.565. The Morgan fingerprint density at radius 2 is 1.97 bits per heavy atom. The molecule has 4 rings (SSSR count). The van der Waals surface area contributed by atoms with E-state index in [9.17, 15) is 15.2 Å². The third kappa shape index (κ3) is 5.68. The third-order valence-corrected chi connectivity index (χ3v) is 7.16. The Balaban J connectivity index is 1.36. The molecule has 10 nitrogen and oxygen atoms in total. The lowest BCUT2D eigenvalue weighted by Gasteiger charge is -2.44. The van der Waals surface area contributed by atoms with Crippen LogP contribution in [0.25, 0.3) is 0 Å². The molecule has 11 heteroatoms. The number of benzene rings is 1. The molecule has 184 valence electrons. The first-order valence-corrected chi connectivity index (χ1v) is 12.1. The van der Waals surface area contributed by atoms with Gasteiger partial charge in [-0.3, -0.25) is 15.0 Å². The first-order valence-electron chi connectivity index (χ1n) is 11.7. The van der Waals surface area contributed by atoms with Crippen molar-refractivity contribution < 1.29 is 10.0 Å². The number of aliphatic hydroxyl groups excluding tert-OH is 1. The van der Waals surface area contributed by atoms with Gasteiger partial charge in [0.05, 0.1) is 21.7 Å². The Morgan fingerprint density at radius 1 is 1.24 bits per heavy atom. The van der Waals surface area contributed by atoms with E-state index in [0.29, 0.717) is 36.0 Å². The van der Waals surface area contributed by atoms with Crippen LogP contribution in [0.3, 0.4) is 0 Å². The van der Waals surface area contributed by atoms with Gasteiger partial charge in [0.15, 0.2) is 0 Å². The number of β-amino-alcohol motifs (C(OH)–C–C–N with tert-alkyl or cyclic N) is 1. The molecule has 2 aliphatic rings. The largest absolute Gasteiger partial charge is 0.390 e. The van der Waals surface area contributed by atoms with Crippen molar-refractivity contribution in [3.05, 3.63) is 45.1 Å². The van der Waals surface area contributed by atoms with Crippen LogP contribution in [0, 0.1) is 16.0 Å². The van der Waals surface area contributed by atoms with Crippen LogP contribution < -0.4 is 15.5 Å². The van der Waals surface area contributed by atoms with Gasteiger partial charge in [-0.25, -0.2) is 4.98 Å². The average molecular weight is 490 g/mol. The molecule has 0 radical (unpaired) electrons. The van der Waals surface area contributed by atoms with Crippen LogP contribution in [-0.2, 0) is 6.54 Å². The maximum Gasteiger partial charge on any atom is 0.329 e. The molecule has 1 aromatic carbocycles. The molecule has 1 aromatic heterocycles. The Morgan fingerprint density at radius 3 is 2.62 bits per heavy atom. The van der Waals surface area contributed by atoms with Gasteiger partial charge in [-0.15, -0.1) is 0 Å². The summed E-state index contributed by atoms with van der Waals surface area (Å²) in [5.74, 6) is 0.962. The molecule has 2 fully saturated rings. The maximum atomic E-state index is 11.5. The monoisotopic (exact) mass is 489 g/mol. The molecule has 3 N–H and O–H groups in total. The van der Waals surface area contributed by atoms with Crippen molar-refractivity contribution >= 4 is 34.7 Å². The normalized spacial score (nSPS) is 21.1. The lowest BCUT2D eigenvalue weighted by Crippen LogP contribution is -2.56. The molecule has 2 aromatic rings. The van der Waals surface area contributed by atoms with E-state index >= 15 is 0 Å². The smallest absolute Gasteiger partial charge is 0.329 e. The lowest BCUT2D eigenvalue weighted by molar-refractivity contribution is -0.384. The van der Waals surface area contributed by atoms with E-state index in [1.165, 1.54) is 6.20 Å². The summed E-state index contributed by atoms with van der Waals surface area (Å²) in [6.07, 6.45) is 5.34. The number of hydrogen-bond acceptors (Lipinski definition) is 9. The molecular formula is C23H32ClN7O3. The highest BCUT2D eigenvalue weighted by atomic mass is 35.5. The van der Waals surface area contributed by atoms with Gasteiger partial charge in [0, 0.05) is 46.3 Å². The molecule has 0 spiro atoms. The van der Waals surface area contributed by atoms with Crippen LogP contribution in [-0.4, -0.2) is 70.8 Å². The topological polar surface area (TPSA) is 120 Å². The lowest BCUT2D eigenvalue weighted by atomic mass is 9.84. The van der Waals surface area contributed by atoms with Crippen molar-refractivity contribution in [2.24, 2.45) is 5.92 Å². The van der Waals surface area contributed by atoms with E-state index in [1.54, 1.807) is 0 Å². The molecule has 0 bridgehead atoms. The van der Waals surface area contributed by atoms with Crippen LogP contribution in [0.5, 0.6) is 0 Å². The first-order chi connectivity index (χ1) is 16.3. The molecular weight excluding hydrogens is 458 g/mol. The zero-order valence-electron chi connectivity index (χ0n) is 19.6. The van der Waals surface area contributed by atoms with Crippen molar-refractivity contribution in [1.29, 1.82) is 0 Å². The predicted octanol–water partition coefficient (Wildman–Crippen LogP) is 3.36. The highest BCUT2D eigenvalue weighted by molar-refractivity contribution is 6.34. The number of nitrogens with zero attached hydrogens (tertiary/aromatic N) is 5. The van der Waals surface area contributed by atoms with E-state index in [0.717, 1.165) is 50.0 Å². The Hall–Kier alpha value is -2.69. The van der Waals surface area contributed by atoms with Crippen molar-refractivity contribution in [2.75, 3.05) is 49.3 Å². The molecule has 0 amide bonds. The summed E-state index contributed by atoms with van der Waals surface area (Å²) in [5.41, 5.74) is 1.66. The molecule has 1 saturated heterocycles. The fourth-order valence-electron chi connectivity index (χ4n) is 4.69. The van der Waals surface area contributed by atoms with Crippen LogP contribution >= 0.6 is 11.6 Å². The number of aromatic nitrogens is 2. The van der Waals surface area contributed by atoms with Crippen LogP contribution in [0.1, 0.15) is 31.2 Å². The van der Waals surface area contributed by atoms with E-state index in [1.807, 2.05) is 37.2 Å².